The highest BCUT2D eigenvalue weighted by Gasteiger charge is 2.60. The van der Waals surface area contributed by atoms with Gasteiger partial charge in [0.2, 0.25) is 0 Å². The summed E-state index contributed by atoms with van der Waals surface area (Å²) in [5.74, 6) is -6.03. The van der Waals surface area contributed by atoms with Crippen molar-refractivity contribution in [2.24, 2.45) is 5.41 Å². The van der Waals surface area contributed by atoms with E-state index in [0.717, 1.165) is 20.3 Å². The van der Waals surface area contributed by atoms with Crippen LogP contribution in [0, 0.1) is 5.41 Å². The normalized spacial score (nSPS) is 30.4. The fourth-order valence-electron chi connectivity index (χ4n) is 1.69. The standard InChI is InChI=1S/C10H20O2.C7H12F2O2/c1-7-10(5,6)8(11)12-9(2,3)4;1-5(2)10-6(3,8)7(4,9)11-5/h7H2,1-6H3;1-4H3. The maximum atomic E-state index is 13.2. The van der Waals surface area contributed by atoms with E-state index < -0.39 is 17.5 Å². The van der Waals surface area contributed by atoms with Crippen LogP contribution < -0.4 is 0 Å². The Morgan fingerprint density at radius 3 is 1.48 bits per heavy atom. The molecule has 138 valence electrons. The highest BCUT2D eigenvalue weighted by atomic mass is 19.2. The third kappa shape index (κ3) is 6.71. The van der Waals surface area contributed by atoms with E-state index in [4.69, 9.17) is 4.74 Å². The van der Waals surface area contributed by atoms with E-state index in [2.05, 4.69) is 9.47 Å². The Kier molecular flexibility index (Phi) is 6.41. The van der Waals surface area contributed by atoms with E-state index in [1.54, 1.807) is 0 Å². The van der Waals surface area contributed by atoms with Crippen LogP contribution in [0.1, 0.15) is 75.7 Å². The molecule has 0 aromatic heterocycles. The summed E-state index contributed by atoms with van der Waals surface area (Å²) in [5, 5.41) is 0. The molecule has 23 heavy (non-hydrogen) atoms. The molecule has 0 amide bonds. The van der Waals surface area contributed by atoms with Crippen LogP contribution in [0.4, 0.5) is 8.78 Å². The zero-order valence-electron chi connectivity index (χ0n) is 16.1. The summed E-state index contributed by atoms with van der Waals surface area (Å²) in [6, 6.07) is 0. The topological polar surface area (TPSA) is 44.8 Å². The molecule has 1 rings (SSSR count). The summed E-state index contributed by atoms with van der Waals surface area (Å²) in [6.07, 6.45) is 0.807. The number of hydrogen-bond acceptors (Lipinski definition) is 4. The van der Waals surface area contributed by atoms with E-state index in [1.165, 1.54) is 13.8 Å². The maximum Gasteiger partial charge on any atom is 0.312 e. The Hall–Kier alpha value is -0.750. The second-order valence-corrected chi connectivity index (χ2v) is 8.18. The first-order valence-corrected chi connectivity index (χ1v) is 7.87. The van der Waals surface area contributed by atoms with E-state index >= 15 is 0 Å². The molecular weight excluding hydrogens is 306 g/mol. The van der Waals surface area contributed by atoms with Crippen LogP contribution in [0.5, 0.6) is 0 Å². The molecule has 1 saturated heterocycles. The van der Waals surface area contributed by atoms with Crippen molar-refractivity contribution in [1.29, 1.82) is 0 Å². The molecule has 6 heteroatoms. The molecule has 1 fully saturated rings. The van der Waals surface area contributed by atoms with Crippen LogP contribution in [-0.4, -0.2) is 29.1 Å². The molecule has 2 atom stereocenters. The van der Waals surface area contributed by atoms with Crippen molar-refractivity contribution in [1.82, 2.24) is 0 Å². The monoisotopic (exact) mass is 338 g/mol. The van der Waals surface area contributed by atoms with Gasteiger partial charge >= 0.3 is 5.97 Å². The number of hydrogen-bond donors (Lipinski definition) is 0. The van der Waals surface area contributed by atoms with Gasteiger partial charge in [-0.15, -0.1) is 0 Å². The largest absolute Gasteiger partial charge is 0.460 e. The lowest BCUT2D eigenvalue weighted by atomic mass is 9.90. The number of carbonyl (C=O) groups is 1. The van der Waals surface area contributed by atoms with Crippen LogP contribution in [0.15, 0.2) is 0 Å². The lowest BCUT2D eigenvalue weighted by Crippen LogP contribution is -2.39. The number of alkyl halides is 2. The smallest absolute Gasteiger partial charge is 0.312 e. The Balaban J connectivity index is 0.000000422. The van der Waals surface area contributed by atoms with Crippen LogP contribution in [0.25, 0.3) is 0 Å². The van der Waals surface area contributed by atoms with Crippen molar-refractivity contribution < 1.29 is 27.8 Å². The average molecular weight is 338 g/mol. The number of esters is 1. The van der Waals surface area contributed by atoms with Crippen molar-refractivity contribution in [2.75, 3.05) is 0 Å². The lowest BCUT2D eigenvalue weighted by molar-refractivity contribution is -0.191. The lowest BCUT2D eigenvalue weighted by Gasteiger charge is -2.27. The van der Waals surface area contributed by atoms with Gasteiger partial charge in [0.15, 0.2) is 5.79 Å². The minimum absolute atomic E-state index is 0.113. The SMILES string of the molecule is CC1(C)OC(C)(F)C(C)(F)O1.CCC(C)(C)C(=O)OC(C)(C)C. The molecule has 1 heterocycles. The Morgan fingerprint density at radius 1 is 0.957 bits per heavy atom. The van der Waals surface area contributed by atoms with E-state index in [1.807, 2.05) is 41.5 Å². The second kappa shape index (κ2) is 6.63. The third-order valence-electron chi connectivity index (χ3n) is 3.51. The fraction of sp³-hybridized carbons (Fsp3) is 0.941. The quantitative estimate of drug-likeness (QED) is 0.671. The molecule has 0 aromatic rings. The van der Waals surface area contributed by atoms with Crippen LogP contribution in [0.3, 0.4) is 0 Å². The van der Waals surface area contributed by atoms with Crippen molar-refractivity contribution in [3.8, 4) is 0 Å². The summed E-state index contributed by atoms with van der Waals surface area (Å²) in [7, 11) is 0. The first kappa shape index (κ1) is 22.2. The van der Waals surface area contributed by atoms with Gasteiger partial charge in [0.05, 0.1) is 5.41 Å². The van der Waals surface area contributed by atoms with E-state index in [-0.39, 0.29) is 17.0 Å². The first-order valence-electron chi connectivity index (χ1n) is 7.87. The summed E-state index contributed by atoms with van der Waals surface area (Å²) < 4.78 is 41.0. The summed E-state index contributed by atoms with van der Waals surface area (Å²) in [6.45, 7) is 16.4. The van der Waals surface area contributed by atoms with Gasteiger partial charge in [-0.25, -0.2) is 8.78 Å². The number of ether oxygens (including phenoxy) is 3. The predicted octanol–water partition coefficient (Wildman–Crippen LogP) is 4.91. The van der Waals surface area contributed by atoms with Gasteiger partial charge in [0, 0.05) is 13.8 Å². The minimum atomic E-state index is -2.36. The van der Waals surface area contributed by atoms with Crippen molar-refractivity contribution >= 4 is 5.97 Å². The second-order valence-electron chi connectivity index (χ2n) is 8.18. The average Bonchev–Trinajstić information content (AvgIpc) is 2.38. The highest BCUT2D eigenvalue weighted by molar-refractivity contribution is 5.76. The molecule has 0 bridgehead atoms. The Morgan fingerprint density at radius 2 is 1.30 bits per heavy atom. The number of halogens is 2. The van der Waals surface area contributed by atoms with Gasteiger partial charge in [0.1, 0.15) is 5.60 Å². The van der Waals surface area contributed by atoms with Crippen LogP contribution >= 0.6 is 0 Å². The number of rotatable bonds is 2. The Labute approximate surface area is 138 Å². The highest BCUT2D eigenvalue weighted by Crippen LogP contribution is 2.45. The van der Waals surface area contributed by atoms with Crippen molar-refractivity contribution in [3.63, 3.8) is 0 Å². The van der Waals surface area contributed by atoms with Crippen molar-refractivity contribution in [2.45, 2.75) is 98.8 Å². The molecule has 0 saturated carbocycles. The zero-order chi connectivity index (χ0) is 18.9. The minimum Gasteiger partial charge on any atom is -0.460 e. The summed E-state index contributed by atoms with van der Waals surface area (Å²) in [5.41, 5.74) is -0.725. The summed E-state index contributed by atoms with van der Waals surface area (Å²) in [4.78, 5) is 11.5. The molecule has 0 aromatic carbocycles. The number of carbonyl (C=O) groups excluding carboxylic acids is 1. The van der Waals surface area contributed by atoms with E-state index in [0.29, 0.717) is 0 Å². The van der Waals surface area contributed by atoms with Gasteiger partial charge in [-0.3, -0.25) is 4.79 Å². The molecule has 0 spiro atoms. The summed E-state index contributed by atoms with van der Waals surface area (Å²) >= 11 is 0. The molecule has 0 aliphatic carbocycles. The molecule has 2 unspecified atom stereocenters. The molecule has 1 aliphatic rings. The van der Waals surface area contributed by atoms with Gasteiger partial charge in [0.25, 0.3) is 11.7 Å². The van der Waals surface area contributed by atoms with Crippen molar-refractivity contribution in [3.05, 3.63) is 0 Å². The molecular formula is C17H32F2O4. The van der Waals surface area contributed by atoms with Gasteiger partial charge in [-0.2, -0.15) is 0 Å². The Bertz CT molecular complexity index is 403. The fourth-order valence-corrected chi connectivity index (χ4v) is 1.69. The third-order valence-corrected chi connectivity index (χ3v) is 3.51. The molecule has 1 aliphatic heterocycles. The molecule has 0 N–H and O–H groups in total. The molecule has 0 radical (unpaired) electrons. The van der Waals surface area contributed by atoms with Crippen LogP contribution in [0.2, 0.25) is 0 Å². The first-order chi connectivity index (χ1) is 9.85. The van der Waals surface area contributed by atoms with Gasteiger partial charge in [-0.05, 0) is 54.9 Å². The van der Waals surface area contributed by atoms with Crippen LogP contribution in [-0.2, 0) is 19.0 Å². The predicted molar refractivity (Wildman–Crippen MR) is 85.2 cm³/mol. The zero-order valence-corrected chi connectivity index (χ0v) is 16.1. The van der Waals surface area contributed by atoms with Gasteiger partial charge in [-0.1, -0.05) is 6.92 Å². The maximum absolute atomic E-state index is 13.2. The van der Waals surface area contributed by atoms with Gasteiger partial charge < -0.3 is 14.2 Å². The van der Waals surface area contributed by atoms with E-state index in [9.17, 15) is 13.6 Å². The molecule has 4 nitrogen and oxygen atoms in total.